The Bertz CT molecular complexity index is 295. The van der Waals surface area contributed by atoms with E-state index in [9.17, 15) is 0 Å². The van der Waals surface area contributed by atoms with Gasteiger partial charge in [-0.05, 0) is 48.9 Å². The van der Waals surface area contributed by atoms with E-state index in [4.69, 9.17) is 0 Å². The van der Waals surface area contributed by atoms with Crippen molar-refractivity contribution in [2.75, 3.05) is 0 Å². The first-order valence-electron chi connectivity index (χ1n) is 6.30. The Balaban J connectivity index is 2.22. The first-order chi connectivity index (χ1) is 6.97. The van der Waals surface area contributed by atoms with Crippen molar-refractivity contribution in [3.8, 4) is 0 Å². The topological polar surface area (TPSA) is 0 Å². The van der Waals surface area contributed by atoms with Crippen molar-refractivity contribution in [3.05, 3.63) is 24.3 Å². The molecular weight excluding hydrogens is 180 g/mol. The van der Waals surface area contributed by atoms with Gasteiger partial charge >= 0.3 is 0 Å². The fourth-order valence-electron chi connectivity index (χ4n) is 3.48. The highest BCUT2D eigenvalue weighted by Gasteiger charge is 2.56. The standard InChI is InChI=1S/C15H24/c1-12-9-7-5-6-8-10-15(4)13(12)11-14(15,2)3/h5-6,13H,1,7-11H2,2-4H3/b6-5-. The zero-order valence-corrected chi connectivity index (χ0v) is 10.5. The van der Waals surface area contributed by atoms with Gasteiger partial charge in [0.05, 0.1) is 0 Å². The number of rotatable bonds is 0. The summed E-state index contributed by atoms with van der Waals surface area (Å²) < 4.78 is 0. The summed E-state index contributed by atoms with van der Waals surface area (Å²) in [5, 5.41) is 0. The SMILES string of the molecule is C=C1CC/C=C\CCC2(C)C1CC2(C)C. The summed E-state index contributed by atoms with van der Waals surface area (Å²) in [6.45, 7) is 11.7. The van der Waals surface area contributed by atoms with Crippen LogP contribution < -0.4 is 0 Å². The van der Waals surface area contributed by atoms with Crippen molar-refractivity contribution in [2.24, 2.45) is 16.7 Å². The molecule has 0 N–H and O–H groups in total. The molecule has 0 heteroatoms. The highest BCUT2D eigenvalue weighted by molar-refractivity contribution is 5.19. The van der Waals surface area contributed by atoms with E-state index in [2.05, 4.69) is 39.5 Å². The molecule has 0 aromatic heterocycles. The Morgan fingerprint density at radius 3 is 2.53 bits per heavy atom. The van der Waals surface area contributed by atoms with E-state index in [1.807, 2.05) is 0 Å². The molecule has 0 amide bonds. The third-order valence-electron chi connectivity index (χ3n) is 5.15. The molecule has 84 valence electrons. The lowest BCUT2D eigenvalue weighted by molar-refractivity contribution is -0.0958. The minimum absolute atomic E-state index is 0.499. The Labute approximate surface area is 94.5 Å². The molecule has 0 bridgehead atoms. The molecule has 0 saturated heterocycles. The molecule has 0 radical (unpaired) electrons. The average molecular weight is 204 g/mol. The second-order valence-electron chi connectivity index (χ2n) is 6.27. The van der Waals surface area contributed by atoms with Gasteiger partial charge in [0.1, 0.15) is 0 Å². The summed E-state index contributed by atoms with van der Waals surface area (Å²) in [6, 6.07) is 0. The van der Waals surface area contributed by atoms with Crippen molar-refractivity contribution < 1.29 is 0 Å². The van der Waals surface area contributed by atoms with Gasteiger partial charge in [-0.1, -0.05) is 45.1 Å². The predicted molar refractivity (Wildman–Crippen MR) is 66.7 cm³/mol. The monoisotopic (exact) mass is 204 g/mol. The lowest BCUT2D eigenvalue weighted by atomic mass is 9.43. The van der Waals surface area contributed by atoms with Gasteiger partial charge in [0.25, 0.3) is 0 Å². The maximum absolute atomic E-state index is 4.32. The minimum Gasteiger partial charge on any atom is -0.0995 e. The van der Waals surface area contributed by atoms with Crippen LogP contribution >= 0.6 is 0 Å². The minimum atomic E-state index is 0.499. The maximum atomic E-state index is 4.32. The molecule has 2 unspecified atom stereocenters. The summed E-state index contributed by atoms with van der Waals surface area (Å²) in [4.78, 5) is 0. The normalized spacial score (nSPS) is 41.8. The van der Waals surface area contributed by atoms with Crippen LogP contribution in [0.15, 0.2) is 24.3 Å². The van der Waals surface area contributed by atoms with Gasteiger partial charge in [-0.15, -0.1) is 0 Å². The largest absolute Gasteiger partial charge is 0.0995 e. The van der Waals surface area contributed by atoms with Crippen LogP contribution in [0, 0.1) is 16.7 Å². The van der Waals surface area contributed by atoms with Crippen LogP contribution in [0.2, 0.25) is 0 Å². The summed E-state index contributed by atoms with van der Waals surface area (Å²) in [5.41, 5.74) is 2.51. The van der Waals surface area contributed by atoms with Crippen LogP contribution in [0.3, 0.4) is 0 Å². The van der Waals surface area contributed by atoms with Crippen LogP contribution in [-0.2, 0) is 0 Å². The fourth-order valence-corrected chi connectivity index (χ4v) is 3.48. The highest BCUT2D eigenvalue weighted by Crippen LogP contribution is 2.65. The molecule has 2 aliphatic carbocycles. The highest BCUT2D eigenvalue weighted by atomic mass is 14.6. The van der Waals surface area contributed by atoms with Gasteiger partial charge in [0.2, 0.25) is 0 Å². The molecule has 2 atom stereocenters. The van der Waals surface area contributed by atoms with Crippen LogP contribution in [0.4, 0.5) is 0 Å². The predicted octanol–water partition coefficient (Wildman–Crippen LogP) is 4.73. The van der Waals surface area contributed by atoms with Gasteiger partial charge in [-0.3, -0.25) is 0 Å². The van der Waals surface area contributed by atoms with Crippen molar-refractivity contribution >= 4 is 0 Å². The third-order valence-corrected chi connectivity index (χ3v) is 5.15. The Hall–Kier alpha value is -0.520. The number of hydrogen-bond acceptors (Lipinski definition) is 0. The summed E-state index contributed by atoms with van der Waals surface area (Å²) in [5.74, 6) is 0.785. The van der Waals surface area contributed by atoms with E-state index in [1.54, 1.807) is 0 Å². The first-order valence-corrected chi connectivity index (χ1v) is 6.30. The van der Waals surface area contributed by atoms with E-state index < -0.39 is 0 Å². The lowest BCUT2D eigenvalue weighted by Crippen LogP contribution is -2.53. The quantitative estimate of drug-likeness (QED) is 0.501. The summed E-state index contributed by atoms with van der Waals surface area (Å²) in [6.07, 6.45) is 11.0. The number of allylic oxidation sites excluding steroid dienone is 3. The molecule has 0 heterocycles. The molecular formula is C15H24. The smallest absolute Gasteiger partial charge is 0.0141 e. The van der Waals surface area contributed by atoms with Crippen molar-refractivity contribution in [1.82, 2.24) is 0 Å². The zero-order valence-electron chi connectivity index (χ0n) is 10.5. The molecule has 1 saturated carbocycles. The van der Waals surface area contributed by atoms with E-state index in [1.165, 1.54) is 37.7 Å². The van der Waals surface area contributed by atoms with Gasteiger partial charge in [-0.2, -0.15) is 0 Å². The van der Waals surface area contributed by atoms with Gasteiger partial charge in [0.15, 0.2) is 0 Å². The molecule has 0 aliphatic heterocycles. The summed E-state index contributed by atoms with van der Waals surface area (Å²) >= 11 is 0. The zero-order chi connectivity index (χ0) is 11.1. The van der Waals surface area contributed by atoms with E-state index in [0.29, 0.717) is 10.8 Å². The van der Waals surface area contributed by atoms with Gasteiger partial charge < -0.3 is 0 Å². The van der Waals surface area contributed by atoms with E-state index in [0.717, 1.165) is 5.92 Å². The second kappa shape index (κ2) is 3.50. The van der Waals surface area contributed by atoms with E-state index >= 15 is 0 Å². The Morgan fingerprint density at radius 1 is 1.20 bits per heavy atom. The van der Waals surface area contributed by atoms with Crippen LogP contribution in [-0.4, -0.2) is 0 Å². The lowest BCUT2D eigenvalue weighted by Gasteiger charge is -2.62. The molecule has 15 heavy (non-hydrogen) atoms. The molecule has 0 aromatic carbocycles. The number of fused-ring (bicyclic) bond motifs is 1. The van der Waals surface area contributed by atoms with Crippen molar-refractivity contribution in [3.63, 3.8) is 0 Å². The Morgan fingerprint density at radius 2 is 1.87 bits per heavy atom. The van der Waals surface area contributed by atoms with Gasteiger partial charge in [-0.25, -0.2) is 0 Å². The number of hydrogen-bond donors (Lipinski definition) is 0. The molecule has 0 aromatic rings. The first kappa shape index (κ1) is 11.0. The summed E-state index contributed by atoms with van der Waals surface area (Å²) in [7, 11) is 0. The van der Waals surface area contributed by atoms with Gasteiger partial charge in [0, 0.05) is 0 Å². The van der Waals surface area contributed by atoms with Crippen molar-refractivity contribution in [2.45, 2.75) is 52.9 Å². The Kier molecular flexibility index (Phi) is 2.56. The van der Waals surface area contributed by atoms with Crippen LogP contribution in [0.25, 0.3) is 0 Å². The third kappa shape index (κ3) is 1.58. The second-order valence-corrected chi connectivity index (χ2v) is 6.27. The molecule has 2 aliphatic rings. The molecule has 1 fully saturated rings. The molecule has 0 nitrogen and oxygen atoms in total. The van der Waals surface area contributed by atoms with Crippen LogP contribution in [0.1, 0.15) is 52.9 Å². The van der Waals surface area contributed by atoms with Crippen molar-refractivity contribution in [1.29, 1.82) is 0 Å². The van der Waals surface area contributed by atoms with E-state index in [-0.39, 0.29) is 0 Å². The molecule has 2 rings (SSSR count). The average Bonchev–Trinajstić information content (AvgIpc) is 2.22. The fraction of sp³-hybridized carbons (Fsp3) is 0.733. The molecule has 0 spiro atoms. The van der Waals surface area contributed by atoms with Crippen LogP contribution in [0.5, 0.6) is 0 Å². The maximum Gasteiger partial charge on any atom is -0.0141 e.